The third kappa shape index (κ3) is 4.57. The van der Waals surface area contributed by atoms with Crippen LogP contribution in [0.2, 0.25) is 0 Å². The second-order valence-corrected chi connectivity index (χ2v) is 7.16. The van der Waals surface area contributed by atoms with Crippen LogP contribution in [0.4, 0.5) is 10.1 Å². The van der Waals surface area contributed by atoms with Crippen molar-refractivity contribution in [3.05, 3.63) is 72.2 Å². The van der Waals surface area contributed by atoms with Gasteiger partial charge in [0.15, 0.2) is 6.54 Å². The highest BCUT2D eigenvalue weighted by Gasteiger charge is 2.26. The first kappa shape index (κ1) is 19.0. The van der Waals surface area contributed by atoms with E-state index in [9.17, 15) is 14.0 Å². The first-order valence-corrected chi connectivity index (χ1v) is 9.62. The number of carbonyl (C=O) groups is 2. The van der Waals surface area contributed by atoms with Crippen molar-refractivity contribution in [2.45, 2.75) is 0 Å². The Kier molecular flexibility index (Phi) is 5.48. The van der Waals surface area contributed by atoms with Gasteiger partial charge in [0.1, 0.15) is 11.5 Å². The summed E-state index contributed by atoms with van der Waals surface area (Å²) in [6, 6.07) is 17.1. The highest BCUT2D eigenvalue weighted by molar-refractivity contribution is 5.95. The number of anilines is 1. The summed E-state index contributed by atoms with van der Waals surface area (Å²) in [6.45, 7) is 2.85. The lowest BCUT2D eigenvalue weighted by molar-refractivity contribution is -0.895. The van der Waals surface area contributed by atoms with Crippen molar-refractivity contribution in [1.82, 2.24) is 9.88 Å². The molecule has 0 unspecified atom stereocenters. The van der Waals surface area contributed by atoms with Crippen molar-refractivity contribution in [3.63, 3.8) is 0 Å². The summed E-state index contributed by atoms with van der Waals surface area (Å²) in [5.74, 6) is -0.538. The number of fused-ring (bicyclic) bond motifs is 1. The van der Waals surface area contributed by atoms with E-state index >= 15 is 0 Å². The summed E-state index contributed by atoms with van der Waals surface area (Å²) >= 11 is 0. The molecule has 148 valence electrons. The van der Waals surface area contributed by atoms with Crippen molar-refractivity contribution < 1.29 is 18.9 Å². The van der Waals surface area contributed by atoms with Crippen molar-refractivity contribution in [2.75, 3.05) is 38.0 Å². The van der Waals surface area contributed by atoms with Crippen molar-refractivity contribution in [1.29, 1.82) is 0 Å². The van der Waals surface area contributed by atoms with Gasteiger partial charge in [-0.05, 0) is 36.4 Å². The van der Waals surface area contributed by atoms with Gasteiger partial charge < -0.3 is 15.1 Å². The van der Waals surface area contributed by atoms with Crippen LogP contribution >= 0.6 is 0 Å². The Morgan fingerprint density at radius 2 is 1.72 bits per heavy atom. The van der Waals surface area contributed by atoms with Crippen LogP contribution in [0, 0.1) is 5.82 Å². The standard InChI is InChI=1S/C22H21FN4O2/c23-17-6-8-18(9-7-17)24-21(28)15-26-11-13-27(14-12-26)22(29)20-10-5-16-3-1-2-4-19(16)25-20/h1-10H,11-15H2,(H,24,28)/p+1. The normalized spacial score (nSPS) is 14.7. The molecule has 29 heavy (non-hydrogen) atoms. The fraction of sp³-hybridized carbons (Fsp3) is 0.227. The summed E-state index contributed by atoms with van der Waals surface area (Å²) in [7, 11) is 0. The number of para-hydroxylation sites is 1. The largest absolute Gasteiger partial charge is 0.326 e. The second kappa shape index (κ2) is 8.36. The van der Waals surface area contributed by atoms with E-state index < -0.39 is 0 Å². The monoisotopic (exact) mass is 393 g/mol. The zero-order chi connectivity index (χ0) is 20.2. The highest BCUT2D eigenvalue weighted by Crippen LogP contribution is 2.13. The number of pyridine rings is 1. The van der Waals surface area contributed by atoms with E-state index in [1.54, 1.807) is 11.0 Å². The number of amides is 2. The number of piperazine rings is 1. The Bertz CT molecular complexity index is 1030. The number of benzene rings is 2. The fourth-order valence-corrected chi connectivity index (χ4v) is 3.52. The number of halogens is 1. The summed E-state index contributed by atoms with van der Waals surface area (Å²) in [5, 5.41) is 3.78. The maximum atomic E-state index is 12.9. The predicted molar refractivity (Wildman–Crippen MR) is 108 cm³/mol. The summed E-state index contributed by atoms with van der Waals surface area (Å²) in [6.07, 6.45) is 0. The minimum absolute atomic E-state index is 0.0782. The van der Waals surface area contributed by atoms with E-state index in [0.717, 1.165) is 15.8 Å². The molecule has 0 spiro atoms. The van der Waals surface area contributed by atoms with Gasteiger partial charge in [0, 0.05) is 11.1 Å². The first-order chi connectivity index (χ1) is 14.1. The van der Waals surface area contributed by atoms with Crippen LogP contribution in [0.1, 0.15) is 10.5 Å². The molecule has 0 saturated carbocycles. The molecular formula is C22H22FN4O2+. The van der Waals surface area contributed by atoms with E-state index in [-0.39, 0.29) is 17.6 Å². The maximum absolute atomic E-state index is 12.9. The molecule has 2 N–H and O–H groups in total. The molecule has 0 bridgehead atoms. The summed E-state index contributed by atoms with van der Waals surface area (Å²) < 4.78 is 12.9. The Morgan fingerprint density at radius 3 is 2.48 bits per heavy atom. The number of quaternary nitrogens is 1. The Hall–Kier alpha value is -3.32. The molecule has 2 amide bonds. The van der Waals surface area contributed by atoms with E-state index in [4.69, 9.17) is 0 Å². The number of nitrogens with one attached hydrogen (secondary N) is 2. The van der Waals surface area contributed by atoms with Crippen LogP contribution in [0.5, 0.6) is 0 Å². The minimum Gasteiger partial charge on any atom is -0.326 e. The molecule has 0 radical (unpaired) electrons. The Morgan fingerprint density at radius 1 is 1.00 bits per heavy atom. The van der Waals surface area contributed by atoms with E-state index in [0.29, 0.717) is 44.1 Å². The average molecular weight is 393 g/mol. The van der Waals surface area contributed by atoms with Crippen LogP contribution in [0.3, 0.4) is 0 Å². The number of hydrogen-bond donors (Lipinski definition) is 2. The number of aromatic nitrogens is 1. The Balaban J connectivity index is 1.30. The SMILES string of the molecule is O=C(C[NH+]1CCN(C(=O)c2ccc3ccccc3n2)CC1)Nc1ccc(F)cc1. The minimum atomic E-state index is -0.338. The van der Waals surface area contributed by atoms with E-state index in [1.165, 1.54) is 24.3 Å². The van der Waals surface area contributed by atoms with Crippen LogP contribution in [0.25, 0.3) is 10.9 Å². The van der Waals surface area contributed by atoms with Gasteiger partial charge in [0.25, 0.3) is 11.8 Å². The number of carbonyl (C=O) groups excluding carboxylic acids is 2. The molecule has 0 aliphatic carbocycles. The molecule has 2 aromatic carbocycles. The molecule has 1 aliphatic rings. The molecule has 6 nitrogen and oxygen atoms in total. The molecule has 1 fully saturated rings. The van der Waals surface area contributed by atoms with Crippen LogP contribution < -0.4 is 10.2 Å². The number of nitrogens with zero attached hydrogens (tertiary/aromatic N) is 2. The van der Waals surface area contributed by atoms with E-state index in [1.807, 2.05) is 30.3 Å². The van der Waals surface area contributed by atoms with E-state index in [2.05, 4.69) is 10.3 Å². The molecule has 4 rings (SSSR count). The van der Waals surface area contributed by atoms with Gasteiger partial charge in [-0.1, -0.05) is 24.3 Å². The average Bonchev–Trinajstić information content (AvgIpc) is 2.75. The van der Waals surface area contributed by atoms with Gasteiger partial charge in [-0.15, -0.1) is 0 Å². The zero-order valence-electron chi connectivity index (χ0n) is 15.9. The lowest BCUT2D eigenvalue weighted by Crippen LogP contribution is -3.15. The van der Waals surface area contributed by atoms with Gasteiger partial charge in [-0.3, -0.25) is 9.59 Å². The number of rotatable bonds is 4. The molecule has 3 aromatic rings. The Labute approximate surface area is 167 Å². The van der Waals surface area contributed by atoms with Crippen LogP contribution in [-0.4, -0.2) is 54.4 Å². The van der Waals surface area contributed by atoms with Crippen molar-refractivity contribution >= 4 is 28.4 Å². The fourth-order valence-electron chi connectivity index (χ4n) is 3.52. The van der Waals surface area contributed by atoms with Crippen molar-refractivity contribution in [2.24, 2.45) is 0 Å². The third-order valence-electron chi connectivity index (χ3n) is 5.11. The molecular weight excluding hydrogens is 371 g/mol. The smallest absolute Gasteiger partial charge is 0.279 e. The van der Waals surface area contributed by atoms with Crippen molar-refractivity contribution in [3.8, 4) is 0 Å². The quantitative estimate of drug-likeness (QED) is 0.703. The summed E-state index contributed by atoms with van der Waals surface area (Å²) in [4.78, 5) is 32.4. The maximum Gasteiger partial charge on any atom is 0.279 e. The zero-order valence-corrected chi connectivity index (χ0v) is 15.9. The van der Waals surface area contributed by atoms with Gasteiger partial charge >= 0.3 is 0 Å². The highest BCUT2D eigenvalue weighted by atomic mass is 19.1. The second-order valence-electron chi connectivity index (χ2n) is 7.16. The van der Waals surface area contributed by atoms with Gasteiger partial charge in [0.05, 0.1) is 31.7 Å². The molecule has 0 atom stereocenters. The van der Waals surface area contributed by atoms with Gasteiger partial charge in [0.2, 0.25) is 0 Å². The van der Waals surface area contributed by atoms with Crippen LogP contribution in [0.15, 0.2) is 60.7 Å². The molecule has 1 saturated heterocycles. The lowest BCUT2D eigenvalue weighted by Gasteiger charge is -2.31. The van der Waals surface area contributed by atoms with Crippen LogP contribution in [-0.2, 0) is 4.79 Å². The number of hydrogen-bond acceptors (Lipinski definition) is 3. The third-order valence-corrected chi connectivity index (χ3v) is 5.11. The first-order valence-electron chi connectivity index (χ1n) is 9.62. The molecule has 1 aliphatic heterocycles. The topological polar surface area (TPSA) is 66.7 Å². The molecule has 2 heterocycles. The van der Waals surface area contributed by atoms with Gasteiger partial charge in [-0.2, -0.15) is 0 Å². The molecule has 7 heteroatoms. The molecule has 1 aromatic heterocycles. The lowest BCUT2D eigenvalue weighted by atomic mass is 10.2. The summed E-state index contributed by atoms with van der Waals surface area (Å²) in [5.41, 5.74) is 1.83. The predicted octanol–water partition coefficient (Wildman–Crippen LogP) is 1.35. The van der Waals surface area contributed by atoms with Gasteiger partial charge in [-0.25, -0.2) is 9.37 Å².